The smallest absolute Gasteiger partial charge is 0.293 e. The molecule has 4 nitrogen and oxygen atoms in total. The fourth-order valence-electron chi connectivity index (χ4n) is 2.16. The molecule has 1 amide bonds. The molecule has 0 atom stereocenters. The van der Waals surface area contributed by atoms with Gasteiger partial charge in [-0.2, -0.15) is 18.3 Å². The van der Waals surface area contributed by atoms with Crippen LogP contribution in [0.3, 0.4) is 0 Å². The van der Waals surface area contributed by atoms with Crippen LogP contribution in [0.1, 0.15) is 34.5 Å². The van der Waals surface area contributed by atoms with Gasteiger partial charge in [0.25, 0.3) is 0 Å². The molecule has 0 saturated carbocycles. The number of benzene rings is 1. The highest BCUT2D eigenvalue weighted by Crippen LogP contribution is 2.22. The summed E-state index contributed by atoms with van der Waals surface area (Å²) in [5, 5.41) is 4.75. The summed E-state index contributed by atoms with van der Waals surface area (Å²) < 4.78 is 39.0. The molecule has 0 aliphatic heterocycles. The number of halogens is 3. The second-order valence-electron chi connectivity index (χ2n) is 5.51. The maximum atomic E-state index is 13.0. The predicted molar refractivity (Wildman–Crippen MR) is 94.3 cm³/mol. The van der Waals surface area contributed by atoms with E-state index < -0.39 is 30.0 Å². The molecule has 138 valence electrons. The van der Waals surface area contributed by atoms with Crippen LogP contribution in [0.15, 0.2) is 52.9 Å². The quantitative estimate of drug-likeness (QED) is 0.418. The van der Waals surface area contributed by atoms with E-state index in [4.69, 9.17) is 0 Å². The van der Waals surface area contributed by atoms with Gasteiger partial charge in [0.1, 0.15) is 5.71 Å². The zero-order valence-electron chi connectivity index (χ0n) is 13.8. The van der Waals surface area contributed by atoms with Crippen LogP contribution in [0.4, 0.5) is 13.2 Å². The van der Waals surface area contributed by atoms with Crippen LogP contribution in [0.25, 0.3) is 0 Å². The Balaban J connectivity index is 1.88. The first-order chi connectivity index (χ1) is 12.4. The van der Waals surface area contributed by atoms with Crippen molar-refractivity contribution < 1.29 is 22.8 Å². The number of amides is 1. The first-order valence-electron chi connectivity index (χ1n) is 7.89. The second-order valence-corrected chi connectivity index (χ2v) is 6.46. The first-order valence-corrected chi connectivity index (χ1v) is 8.77. The van der Waals surface area contributed by atoms with Crippen LogP contribution < -0.4 is 5.43 Å². The third kappa shape index (κ3) is 6.44. The summed E-state index contributed by atoms with van der Waals surface area (Å²) in [5.74, 6) is -1.30. The molecule has 2 aromatic rings. The number of hydrazone groups is 1. The molecule has 0 spiro atoms. The van der Waals surface area contributed by atoms with Crippen LogP contribution in [0.5, 0.6) is 0 Å². The van der Waals surface area contributed by atoms with Crippen LogP contribution >= 0.6 is 11.3 Å². The minimum absolute atomic E-state index is 0.0441. The Morgan fingerprint density at radius 3 is 2.42 bits per heavy atom. The fourth-order valence-corrected chi connectivity index (χ4v) is 2.83. The van der Waals surface area contributed by atoms with Crippen LogP contribution in [-0.4, -0.2) is 23.6 Å². The van der Waals surface area contributed by atoms with Gasteiger partial charge in [0.2, 0.25) is 5.91 Å². The Hall–Kier alpha value is -2.48. The molecule has 0 fully saturated rings. The molecular weight excluding hydrogens is 365 g/mol. The van der Waals surface area contributed by atoms with Crippen molar-refractivity contribution in [3.8, 4) is 0 Å². The van der Waals surface area contributed by atoms with Gasteiger partial charge in [-0.3, -0.25) is 9.59 Å². The number of ketones is 1. The third-order valence-electron chi connectivity index (χ3n) is 3.48. The minimum Gasteiger partial charge on any atom is -0.293 e. The lowest BCUT2D eigenvalue weighted by Gasteiger charge is -2.10. The van der Waals surface area contributed by atoms with Gasteiger partial charge in [-0.1, -0.05) is 36.4 Å². The van der Waals surface area contributed by atoms with E-state index in [1.807, 2.05) is 35.8 Å². The summed E-state index contributed by atoms with van der Waals surface area (Å²) in [4.78, 5) is 23.8. The zero-order valence-corrected chi connectivity index (χ0v) is 14.6. The molecule has 0 aliphatic rings. The number of nitrogens with one attached hydrogen (secondary N) is 1. The number of alkyl halides is 3. The van der Waals surface area contributed by atoms with Crippen molar-refractivity contribution in [1.82, 2.24) is 5.43 Å². The lowest BCUT2D eigenvalue weighted by Crippen LogP contribution is -2.30. The second kappa shape index (κ2) is 9.28. The SMILES string of the molecule is O=C(CCCc1ccccc1)N/N=C(/CC(=O)c1cccs1)C(F)(F)F. The van der Waals surface area contributed by atoms with Gasteiger partial charge in [-0.25, -0.2) is 5.43 Å². The van der Waals surface area contributed by atoms with Gasteiger partial charge >= 0.3 is 6.18 Å². The number of rotatable bonds is 8. The Labute approximate surface area is 152 Å². The molecule has 0 saturated heterocycles. The normalized spacial score (nSPS) is 12.0. The van der Waals surface area contributed by atoms with E-state index in [9.17, 15) is 22.8 Å². The molecule has 2 rings (SSSR count). The van der Waals surface area contributed by atoms with Crippen LogP contribution in [-0.2, 0) is 11.2 Å². The monoisotopic (exact) mass is 382 g/mol. The molecule has 1 heterocycles. The van der Waals surface area contributed by atoms with Crippen molar-refractivity contribution in [1.29, 1.82) is 0 Å². The Bertz CT molecular complexity index is 756. The average molecular weight is 382 g/mol. The number of carbonyl (C=O) groups is 2. The topological polar surface area (TPSA) is 58.5 Å². The molecule has 0 radical (unpaired) electrons. The summed E-state index contributed by atoms with van der Waals surface area (Å²) in [5.41, 5.74) is 1.64. The Morgan fingerprint density at radius 2 is 1.81 bits per heavy atom. The molecule has 26 heavy (non-hydrogen) atoms. The average Bonchev–Trinajstić information content (AvgIpc) is 3.13. The van der Waals surface area contributed by atoms with E-state index in [1.54, 1.807) is 11.4 Å². The number of Topliss-reactive ketones (excluding diaryl/α,β-unsaturated/α-hetero) is 1. The summed E-state index contributed by atoms with van der Waals surface area (Å²) in [7, 11) is 0. The van der Waals surface area contributed by atoms with E-state index in [2.05, 4.69) is 5.10 Å². The van der Waals surface area contributed by atoms with Gasteiger partial charge in [0, 0.05) is 6.42 Å². The lowest BCUT2D eigenvalue weighted by atomic mass is 10.1. The van der Waals surface area contributed by atoms with Gasteiger partial charge in [0.05, 0.1) is 11.3 Å². The van der Waals surface area contributed by atoms with E-state index in [-0.39, 0.29) is 11.3 Å². The highest BCUT2D eigenvalue weighted by atomic mass is 32.1. The highest BCUT2D eigenvalue weighted by molar-refractivity contribution is 7.12. The van der Waals surface area contributed by atoms with Gasteiger partial charge < -0.3 is 0 Å². The van der Waals surface area contributed by atoms with E-state index in [0.29, 0.717) is 12.8 Å². The molecule has 0 unspecified atom stereocenters. The summed E-state index contributed by atoms with van der Waals surface area (Å²) in [6.07, 6.45) is -4.53. The molecular formula is C18H17F3N2O2S. The Morgan fingerprint density at radius 1 is 1.08 bits per heavy atom. The van der Waals surface area contributed by atoms with Crippen molar-refractivity contribution in [2.45, 2.75) is 31.9 Å². The molecule has 0 aliphatic carbocycles. The van der Waals surface area contributed by atoms with Gasteiger partial charge in [0.15, 0.2) is 5.78 Å². The van der Waals surface area contributed by atoms with Gasteiger partial charge in [-0.05, 0) is 29.9 Å². The maximum absolute atomic E-state index is 13.0. The van der Waals surface area contributed by atoms with Crippen molar-refractivity contribution in [2.24, 2.45) is 5.10 Å². The number of thiophene rings is 1. The molecule has 0 bridgehead atoms. The minimum atomic E-state index is -4.79. The number of nitrogens with zero attached hydrogens (tertiary/aromatic N) is 1. The van der Waals surface area contributed by atoms with E-state index >= 15 is 0 Å². The highest BCUT2D eigenvalue weighted by Gasteiger charge is 2.37. The number of hydrogen-bond acceptors (Lipinski definition) is 4. The summed E-state index contributed by atoms with van der Waals surface area (Å²) >= 11 is 1.06. The van der Waals surface area contributed by atoms with Crippen molar-refractivity contribution >= 4 is 28.7 Å². The van der Waals surface area contributed by atoms with Crippen LogP contribution in [0.2, 0.25) is 0 Å². The van der Waals surface area contributed by atoms with Crippen LogP contribution in [0, 0.1) is 0 Å². The Kier molecular flexibility index (Phi) is 7.08. The standard InChI is InChI=1S/C18H17F3N2O2S/c19-18(20,21)16(12-14(24)15-9-5-11-26-15)22-23-17(25)10-4-8-13-6-2-1-3-7-13/h1-3,5-7,9,11H,4,8,10,12H2,(H,23,25)/b22-16-. The predicted octanol–water partition coefficient (Wildman–Crippen LogP) is 4.38. The summed E-state index contributed by atoms with van der Waals surface area (Å²) in [6, 6.07) is 12.5. The molecule has 1 N–H and O–H groups in total. The largest absolute Gasteiger partial charge is 0.431 e. The molecule has 1 aromatic heterocycles. The van der Waals surface area contributed by atoms with E-state index in [0.717, 1.165) is 16.9 Å². The first kappa shape index (κ1) is 19.8. The fraction of sp³-hybridized carbons (Fsp3) is 0.278. The maximum Gasteiger partial charge on any atom is 0.431 e. The molecule has 8 heteroatoms. The zero-order chi connectivity index (χ0) is 19.0. The number of carbonyl (C=O) groups excluding carboxylic acids is 2. The van der Waals surface area contributed by atoms with E-state index in [1.165, 1.54) is 6.07 Å². The van der Waals surface area contributed by atoms with Crippen molar-refractivity contribution in [3.63, 3.8) is 0 Å². The lowest BCUT2D eigenvalue weighted by molar-refractivity contribution is -0.121. The van der Waals surface area contributed by atoms with Gasteiger partial charge in [-0.15, -0.1) is 11.3 Å². The third-order valence-corrected chi connectivity index (χ3v) is 4.39. The number of hydrogen-bond donors (Lipinski definition) is 1. The van der Waals surface area contributed by atoms with Crippen molar-refractivity contribution in [2.75, 3.05) is 0 Å². The summed E-state index contributed by atoms with van der Waals surface area (Å²) in [6.45, 7) is 0. The number of aryl methyl sites for hydroxylation is 1. The molecule has 1 aromatic carbocycles. The van der Waals surface area contributed by atoms with Crippen molar-refractivity contribution in [3.05, 3.63) is 58.3 Å².